The number of methoxy groups -OCH3 is 1. The molecule has 0 saturated carbocycles. The highest BCUT2D eigenvalue weighted by atomic mass is 16.5. The molecule has 1 aromatic carbocycles. The third kappa shape index (κ3) is 4.47. The van der Waals surface area contributed by atoms with Gasteiger partial charge in [-0.05, 0) is 50.1 Å². The van der Waals surface area contributed by atoms with Crippen LogP contribution >= 0.6 is 0 Å². The van der Waals surface area contributed by atoms with E-state index < -0.39 is 5.97 Å². The molecule has 2 rings (SSSR count). The summed E-state index contributed by atoms with van der Waals surface area (Å²) < 4.78 is 5.35. The maximum Gasteiger partial charge on any atom is 0.340 e. The molecule has 1 aromatic heterocycles. The van der Waals surface area contributed by atoms with Gasteiger partial charge in [0.05, 0.1) is 12.8 Å². The molecule has 0 aliphatic carbocycles. The first-order valence-corrected chi connectivity index (χ1v) is 7.82. The number of rotatable bonds is 6. The van der Waals surface area contributed by atoms with Gasteiger partial charge in [0.2, 0.25) is 0 Å². The number of ether oxygens (including phenoxy) is 1. The number of carbonyl (C=O) groups is 1. The summed E-state index contributed by atoms with van der Waals surface area (Å²) in [5, 5.41) is 20.1. The molecule has 0 saturated heterocycles. The van der Waals surface area contributed by atoms with Crippen molar-refractivity contribution in [3.63, 3.8) is 0 Å². The number of allylic oxidation sites excluding steroid dienone is 2. The van der Waals surface area contributed by atoms with E-state index >= 15 is 0 Å². The van der Waals surface area contributed by atoms with E-state index in [1.807, 2.05) is 26.0 Å². The smallest absolute Gasteiger partial charge is 0.340 e. The number of carboxylic acids is 1. The molecular weight excluding hydrogens is 318 g/mol. The maximum absolute atomic E-state index is 11.7. The van der Waals surface area contributed by atoms with E-state index in [0.717, 1.165) is 5.57 Å². The zero-order chi connectivity index (χ0) is 18.4. The topological polar surface area (TPSA) is 79.7 Å². The predicted octanol–water partition coefficient (Wildman–Crippen LogP) is 4.17. The molecule has 0 spiro atoms. The van der Waals surface area contributed by atoms with Crippen LogP contribution in [0.4, 0.5) is 0 Å². The number of benzene rings is 1. The minimum absolute atomic E-state index is 0.148. The second kappa shape index (κ2) is 8.15. The number of carboxylic acid groups (broad SMARTS) is 1. The van der Waals surface area contributed by atoms with Crippen molar-refractivity contribution in [2.45, 2.75) is 20.3 Å². The van der Waals surface area contributed by atoms with Crippen molar-refractivity contribution >= 4 is 18.1 Å². The van der Waals surface area contributed by atoms with E-state index in [9.17, 15) is 15.0 Å². The molecular formula is C20H21NO4. The summed E-state index contributed by atoms with van der Waals surface area (Å²) in [6.07, 6.45) is 7.25. The summed E-state index contributed by atoms with van der Waals surface area (Å²) in [6.45, 7) is 3.87. The molecule has 0 aliphatic rings. The van der Waals surface area contributed by atoms with E-state index in [1.54, 1.807) is 36.5 Å². The van der Waals surface area contributed by atoms with Gasteiger partial charge >= 0.3 is 5.97 Å². The van der Waals surface area contributed by atoms with Gasteiger partial charge in [-0.2, -0.15) is 0 Å². The third-order valence-electron chi connectivity index (χ3n) is 3.66. The number of aromatic hydroxyl groups is 1. The fourth-order valence-electron chi connectivity index (χ4n) is 2.40. The lowest BCUT2D eigenvalue weighted by Gasteiger charge is -2.14. The Morgan fingerprint density at radius 2 is 2.04 bits per heavy atom. The van der Waals surface area contributed by atoms with Crippen LogP contribution in [-0.2, 0) is 6.42 Å². The molecule has 0 aliphatic heterocycles. The van der Waals surface area contributed by atoms with E-state index in [0.29, 0.717) is 29.0 Å². The number of hydrogen-bond acceptors (Lipinski definition) is 4. The standard InChI is InChI=1S/C20H21NO4/c1-13(2)7-10-16-17(25-3)12-14(18(19(16)22)20(23)24)8-9-15-6-4-5-11-21-15/h4-9,11-12,22H,10H2,1-3H3,(H,23,24)/b9-8+. The molecule has 1 heterocycles. The molecule has 0 radical (unpaired) electrons. The van der Waals surface area contributed by atoms with Crippen LogP contribution in [0.15, 0.2) is 42.1 Å². The van der Waals surface area contributed by atoms with Gasteiger partial charge in [0, 0.05) is 11.8 Å². The first-order valence-electron chi connectivity index (χ1n) is 7.82. The lowest BCUT2D eigenvalue weighted by Crippen LogP contribution is -2.04. The highest BCUT2D eigenvalue weighted by Gasteiger charge is 2.21. The van der Waals surface area contributed by atoms with Gasteiger partial charge in [0.25, 0.3) is 0 Å². The molecule has 2 N–H and O–H groups in total. The van der Waals surface area contributed by atoms with Crippen LogP contribution in [0, 0.1) is 0 Å². The Kier molecular flexibility index (Phi) is 5.95. The Morgan fingerprint density at radius 3 is 2.60 bits per heavy atom. The molecule has 2 aromatic rings. The first kappa shape index (κ1) is 18.3. The normalized spacial score (nSPS) is 10.7. The summed E-state index contributed by atoms with van der Waals surface area (Å²) >= 11 is 0. The van der Waals surface area contributed by atoms with E-state index in [1.165, 1.54) is 7.11 Å². The van der Waals surface area contributed by atoms with Gasteiger partial charge in [0.1, 0.15) is 17.1 Å². The van der Waals surface area contributed by atoms with Crippen LogP contribution in [-0.4, -0.2) is 28.3 Å². The van der Waals surface area contributed by atoms with Crippen LogP contribution in [0.1, 0.15) is 41.0 Å². The number of aromatic carboxylic acids is 1. The minimum atomic E-state index is -1.20. The molecule has 5 heteroatoms. The van der Waals surface area contributed by atoms with Crippen LogP contribution < -0.4 is 4.74 Å². The van der Waals surface area contributed by atoms with Gasteiger partial charge in [-0.15, -0.1) is 0 Å². The van der Waals surface area contributed by atoms with Gasteiger partial charge < -0.3 is 14.9 Å². The number of aromatic nitrogens is 1. The summed E-state index contributed by atoms with van der Waals surface area (Å²) in [5.74, 6) is -1.02. The average molecular weight is 339 g/mol. The van der Waals surface area contributed by atoms with Gasteiger partial charge in [-0.1, -0.05) is 23.8 Å². The average Bonchev–Trinajstić information content (AvgIpc) is 2.58. The Balaban J connectivity index is 2.56. The van der Waals surface area contributed by atoms with E-state index in [-0.39, 0.29) is 11.3 Å². The lowest BCUT2D eigenvalue weighted by molar-refractivity contribution is 0.0693. The van der Waals surface area contributed by atoms with Crippen LogP contribution in [0.3, 0.4) is 0 Å². The van der Waals surface area contributed by atoms with Crippen molar-refractivity contribution < 1.29 is 19.7 Å². The minimum Gasteiger partial charge on any atom is -0.507 e. The third-order valence-corrected chi connectivity index (χ3v) is 3.66. The van der Waals surface area contributed by atoms with Gasteiger partial charge in [-0.25, -0.2) is 4.79 Å². The monoisotopic (exact) mass is 339 g/mol. The van der Waals surface area contributed by atoms with Crippen molar-refractivity contribution in [3.8, 4) is 11.5 Å². The fourth-order valence-corrected chi connectivity index (χ4v) is 2.40. The second-order valence-corrected chi connectivity index (χ2v) is 5.75. The van der Waals surface area contributed by atoms with Crippen molar-refractivity contribution in [2.24, 2.45) is 0 Å². The number of hydrogen-bond donors (Lipinski definition) is 2. The van der Waals surface area contributed by atoms with Crippen LogP contribution in [0.2, 0.25) is 0 Å². The van der Waals surface area contributed by atoms with Gasteiger partial charge in [0.15, 0.2) is 0 Å². The van der Waals surface area contributed by atoms with Gasteiger partial charge in [-0.3, -0.25) is 4.98 Å². The summed E-state index contributed by atoms with van der Waals surface area (Å²) in [5.41, 5.74) is 2.41. The Labute approximate surface area is 146 Å². The quantitative estimate of drug-likeness (QED) is 0.772. The summed E-state index contributed by atoms with van der Waals surface area (Å²) in [6, 6.07) is 7.06. The Morgan fingerprint density at radius 1 is 1.28 bits per heavy atom. The molecule has 25 heavy (non-hydrogen) atoms. The maximum atomic E-state index is 11.7. The zero-order valence-electron chi connectivity index (χ0n) is 14.5. The fraction of sp³-hybridized carbons (Fsp3) is 0.200. The number of phenols is 1. The van der Waals surface area contributed by atoms with Crippen molar-refractivity contribution in [1.29, 1.82) is 0 Å². The zero-order valence-corrected chi connectivity index (χ0v) is 14.5. The second-order valence-electron chi connectivity index (χ2n) is 5.75. The molecule has 0 amide bonds. The van der Waals surface area contributed by atoms with Crippen molar-refractivity contribution in [3.05, 3.63) is 64.5 Å². The van der Waals surface area contributed by atoms with Crippen molar-refractivity contribution in [2.75, 3.05) is 7.11 Å². The van der Waals surface area contributed by atoms with E-state index in [2.05, 4.69) is 4.98 Å². The molecule has 5 nitrogen and oxygen atoms in total. The predicted molar refractivity (Wildman–Crippen MR) is 97.9 cm³/mol. The highest BCUT2D eigenvalue weighted by Crippen LogP contribution is 2.36. The van der Waals surface area contributed by atoms with Crippen LogP contribution in [0.5, 0.6) is 11.5 Å². The molecule has 0 unspecified atom stereocenters. The summed E-state index contributed by atoms with van der Waals surface area (Å²) in [7, 11) is 1.49. The number of pyridine rings is 1. The largest absolute Gasteiger partial charge is 0.507 e. The van der Waals surface area contributed by atoms with Crippen LogP contribution in [0.25, 0.3) is 12.2 Å². The molecule has 0 atom stereocenters. The lowest BCUT2D eigenvalue weighted by atomic mass is 9.97. The van der Waals surface area contributed by atoms with Crippen molar-refractivity contribution in [1.82, 2.24) is 4.98 Å². The SMILES string of the molecule is COc1cc(/C=C/c2ccccn2)c(C(=O)O)c(O)c1CC=C(C)C. The molecule has 0 bridgehead atoms. The highest BCUT2D eigenvalue weighted by molar-refractivity contribution is 5.97. The Bertz CT molecular complexity index is 819. The number of nitrogens with zero attached hydrogens (tertiary/aromatic N) is 1. The first-order chi connectivity index (χ1) is 11.9. The molecule has 0 fully saturated rings. The van der Waals surface area contributed by atoms with E-state index in [4.69, 9.17) is 4.74 Å². The molecule has 130 valence electrons. The Hall–Kier alpha value is -3.08. The summed E-state index contributed by atoms with van der Waals surface area (Å²) in [4.78, 5) is 15.8.